The van der Waals surface area contributed by atoms with E-state index in [1.807, 2.05) is 0 Å². The van der Waals surface area contributed by atoms with Gasteiger partial charge in [-0.05, 0) is 81.2 Å². The Balaban J connectivity index is 1.79. The molecule has 28 heavy (non-hydrogen) atoms. The van der Waals surface area contributed by atoms with Gasteiger partial charge in [0.2, 0.25) is 0 Å². The number of ether oxygens (including phenoxy) is 1. The molecule has 4 heteroatoms. The Hall–Kier alpha value is -1.82. The van der Waals surface area contributed by atoms with E-state index in [4.69, 9.17) is 9.84 Å². The average Bonchev–Trinajstić information content (AvgIpc) is 2.60. The van der Waals surface area contributed by atoms with Gasteiger partial charge in [-0.15, -0.1) is 0 Å². The molecule has 0 atom stereocenters. The van der Waals surface area contributed by atoms with Crippen LogP contribution in [0, 0.1) is 3.57 Å². The molecule has 3 rings (SSSR count). The molecule has 0 saturated carbocycles. The number of hydrogen-bond donors (Lipinski definition) is 1. The second-order valence-electron chi connectivity index (χ2n) is 8.92. The molecule has 1 aliphatic rings. The Kier molecular flexibility index (Phi) is 5.63. The fourth-order valence-corrected chi connectivity index (χ4v) is 4.51. The highest BCUT2D eigenvalue weighted by Crippen LogP contribution is 2.46. The van der Waals surface area contributed by atoms with E-state index in [2.05, 4.69) is 75.1 Å². The molecule has 148 valence electrons. The first-order valence-electron chi connectivity index (χ1n) is 9.52. The molecule has 2 aromatic rings. The number of allylic oxidation sites excluding steroid dienone is 1. The predicted molar refractivity (Wildman–Crippen MR) is 121 cm³/mol. The van der Waals surface area contributed by atoms with Crippen LogP contribution in [0.15, 0.2) is 48.7 Å². The molecule has 0 unspecified atom stereocenters. The highest BCUT2D eigenvalue weighted by atomic mass is 127. The van der Waals surface area contributed by atoms with Crippen LogP contribution < -0.4 is 4.74 Å². The maximum Gasteiger partial charge on any atom is 0.335 e. The Labute approximate surface area is 181 Å². The summed E-state index contributed by atoms with van der Waals surface area (Å²) in [5.41, 5.74) is 4.69. The minimum Gasteiger partial charge on any atom is -0.478 e. The van der Waals surface area contributed by atoms with Gasteiger partial charge >= 0.3 is 5.97 Å². The van der Waals surface area contributed by atoms with Crippen LogP contribution >= 0.6 is 22.6 Å². The molecule has 0 heterocycles. The molecule has 3 nitrogen and oxygen atoms in total. The summed E-state index contributed by atoms with van der Waals surface area (Å²) in [5, 5.41) is 9.09. The third-order valence-corrected chi connectivity index (χ3v) is 6.59. The average molecular weight is 490 g/mol. The van der Waals surface area contributed by atoms with Gasteiger partial charge in [-0.25, -0.2) is 4.79 Å². The van der Waals surface area contributed by atoms with Crippen molar-refractivity contribution in [3.63, 3.8) is 0 Å². The first-order valence-corrected chi connectivity index (χ1v) is 10.6. The summed E-state index contributed by atoms with van der Waals surface area (Å²) in [4.78, 5) is 11.1. The Morgan fingerprint density at radius 2 is 1.71 bits per heavy atom. The molecule has 0 fully saturated rings. The number of carboxylic acids is 1. The first kappa shape index (κ1) is 20.9. The lowest BCUT2D eigenvalue weighted by atomic mass is 9.63. The van der Waals surface area contributed by atoms with Gasteiger partial charge in [0.15, 0.2) is 0 Å². The van der Waals surface area contributed by atoms with Gasteiger partial charge in [-0.2, -0.15) is 0 Å². The van der Waals surface area contributed by atoms with Crippen molar-refractivity contribution in [3.05, 3.63) is 74.6 Å². The third-order valence-electron chi connectivity index (χ3n) is 5.75. The van der Waals surface area contributed by atoms with Crippen LogP contribution in [0.1, 0.15) is 67.6 Å². The smallest absolute Gasteiger partial charge is 0.335 e. The van der Waals surface area contributed by atoms with E-state index in [-0.39, 0.29) is 16.4 Å². The second-order valence-corrected chi connectivity index (χ2v) is 10.1. The summed E-state index contributed by atoms with van der Waals surface area (Å²) in [7, 11) is 0. The number of carbonyl (C=O) groups is 1. The van der Waals surface area contributed by atoms with Gasteiger partial charge in [0.25, 0.3) is 0 Å². The highest BCUT2D eigenvalue weighted by Gasteiger charge is 2.36. The van der Waals surface area contributed by atoms with Crippen LogP contribution in [-0.4, -0.2) is 11.1 Å². The van der Waals surface area contributed by atoms with E-state index in [0.717, 1.165) is 3.57 Å². The van der Waals surface area contributed by atoms with E-state index in [9.17, 15) is 4.79 Å². The summed E-state index contributed by atoms with van der Waals surface area (Å²) >= 11 is 2.09. The van der Waals surface area contributed by atoms with Crippen LogP contribution in [0.2, 0.25) is 0 Å². The Morgan fingerprint density at radius 1 is 1.07 bits per heavy atom. The van der Waals surface area contributed by atoms with E-state index >= 15 is 0 Å². The number of fused-ring (bicyclic) bond motifs is 1. The number of rotatable bonds is 5. The van der Waals surface area contributed by atoms with Gasteiger partial charge in [0.1, 0.15) is 11.5 Å². The molecule has 1 aliphatic carbocycles. The maximum atomic E-state index is 11.1. The standard InChI is InChI=1S/C24H27IO3/c1-15(28-21-9-7-17(22(26)27)14-20(21)25)12-16-6-8-18-19(13-16)24(4,5)11-10-23(18,2)3/h6-9,13-14H,1,10-12H2,2-5H3,(H,26,27). The number of benzene rings is 2. The SMILES string of the molecule is C=C(Cc1ccc2c(c1)C(C)(C)CCC2(C)C)Oc1ccc(C(=O)O)cc1I. The molecule has 2 aromatic carbocycles. The topological polar surface area (TPSA) is 46.5 Å². The Bertz CT molecular complexity index is 941. The van der Waals surface area contributed by atoms with Crippen molar-refractivity contribution in [2.45, 2.75) is 57.8 Å². The number of hydrogen-bond acceptors (Lipinski definition) is 2. The van der Waals surface area contributed by atoms with Crippen LogP contribution in [0.3, 0.4) is 0 Å². The van der Waals surface area contributed by atoms with Crippen molar-refractivity contribution in [2.24, 2.45) is 0 Å². The summed E-state index contributed by atoms with van der Waals surface area (Å²) in [6.45, 7) is 13.4. The lowest BCUT2D eigenvalue weighted by Gasteiger charge is -2.42. The van der Waals surface area contributed by atoms with Crippen molar-refractivity contribution in [1.29, 1.82) is 0 Å². The van der Waals surface area contributed by atoms with Crippen LogP contribution in [0.25, 0.3) is 0 Å². The second kappa shape index (κ2) is 7.54. The van der Waals surface area contributed by atoms with E-state index in [0.29, 0.717) is 17.9 Å². The van der Waals surface area contributed by atoms with Gasteiger partial charge in [0, 0.05) is 6.42 Å². The number of halogens is 1. The fourth-order valence-electron chi connectivity index (χ4n) is 3.88. The molecule has 0 spiro atoms. The quantitative estimate of drug-likeness (QED) is 0.386. The highest BCUT2D eigenvalue weighted by molar-refractivity contribution is 14.1. The van der Waals surface area contributed by atoms with E-state index < -0.39 is 5.97 Å². The van der Waals surface area contributed by atoms with Crippen molar-refractivity contribution < 1.29 is 14.6 Å². The van der Waals surface area contributed by atoms with Crippen molar-refractivity contribution in [3.8, 4) is 5.75 Å². The van der Waals surface area contributed by atoms with E-state index in [1.54, 1.807) is 18.2 Å². The fraction of sp³-hybridized carbons (Fsp3) is 0.375. The molecular weight excluding hydrogens is 463 g/mol. The molecule has 0 aromatic heterocycles. The lowest BCUT2D eigenvalue weighted by Crippen LogP contribution is -2.33. The summed E-state index contributed by atoms with van der Waals surface area (Å²) in [5.74, 6) is 0.340. The molecular formula is C24H27IO3. The van der Waals surface area contributed by atoms with Gasteiger partial charge in [0.05, 0.1) is 9.13 Å². The zero-order chi connectivity index (χ0) is 20.7. The minimum absolute atomic E-state index is 0.172. The van der Waals surface area contributed by atoms with Crippen molar-refractivity contribution in [1.82, 2.24) is 0 Å². The van der Waals surface area contributed by atoms with Gasteiger partial charge in [-0.1, -0.05) is 52.5 Å². The van der Waals surface area contributed by atoms with Crippen LogP contribution in [-0.2, 0) is 17.3 Å². The number of aromatic carboxylic acids is 1. The zero-order valence-corrected chi connectivity index (χ0v) is 19.1. The molecule has 1 N–H and O–H groups in total. The zero-order valence-electron chi connectivity index (χ0n) is 16.9. The minimum atomic E-state index is -0.942. The summed E-state index contributed by atoms with van der Waals surface area (Å²) in [6, 6.07) is 11.6. The monoisotopic (exact) mass is 490 g/mol. The lowest BCUT2D eigenvalue weighted by molar-refractivity contribution is 0.0697. The predicted octanol–water partition coefficient (Wildman–Crippen LogP) is 6.47. The largest absolute Gasteiger partial charge is 0.478 e. The molecule has 0 saturated heterocycles. The maximum absolute atomic E-state index is 11.1. The normalized spacial score (nSPS) is 16.9. The first-order chi connectivity index (χ1) is 13.0. The molecule has 0 amide bonds. The summed E-state index contributed by atoms with van der Waals surface area (Å²) in [6.07, 6.45) is 3.01. The third kappa shape index (κ3) is 4.27. The Morgan fingerprint density at radius 3 is 2.32 bits per heavy atom. The van der Waals surface area contributed by atoms with Gasteiger partial charge < -0.3 is 9.84 Å². The van der Waals surface area contributed by atoms with E-state index in [1.165, 1.54) is 29.5 Å². The van der Waals surface area contributed by atoms with Crippen LogP contribution in [0.4, 0.5) is 0 Å². The molecule has 0 radical (unpaired) electrons. The van der Waals surface area contributed by atoms with Gasteiger partial charge in [-0.3, -0.25) is 0 Å². The molecule has 0 bridgehead atoms. The number of carboxylic acid groups (broad SMARTS) is 1. The summed E-state index contributed by atoms with van der Waals surface area (Å²) < 4.78 is 6.68. The van der Waals surface area contributed by atoms with Crippen molar-refractivity contribution >= 4 is 28.6 Å². The van der Waals surface area contributed by atoms with Crippen LogP contribution in [0.5, 0.6) is 5.75 Å². The molecule has 0 aliphatic heterocycles. The van der Waals surface area contributed by atoms with Crippen molar-refractivity contribution in [2.75, 3.05) is 0 Å².